The average Bonchev–Trinajstić information content (AvgIpc) is 2.84. The highest BCUT2D eigenvalue weighted by Crippen LogP contribution is 2.20. The maximum Gasteiger partial charge on any atom is 0.243 e. The van der Waals surface area contributed by atoms with Crippen LogP contribution in [0, 0.1) is 11.8 Å². The minimum Gasteiger partial charge on any atom is -0.399 e. The minimum absolute atomic E-state index is 0.0428. The normalized spacial score (nSPS) is 18.4. The van der Waals surface area contributed by atoms with E-state index >= 15 is 0 Å². The lowest BCUT2D eigenvalue weighted by molar-refractivity contribution is -0.127. The lowest BCUT2D eigenvalue weighted by Crippen LogP contribution is -2.53. The number of aliphatic hydroxyl groups is 1. The Kier molecular flexibility index (Phi) is 9.68. The number of piperidine rings is 1. The maximum absolute atomic E-state index is 13.4. The number of benzene rings is 2. The summed E-state index contributed by atoms with van der Waals surface area (Å²) in [6.07, 6.45) is 1.01. The molecular formula is C26H38N4O4S. The molecular weight excluding hydrogens is 464 g/mol. The van der Waals surface area contributed by atoms with Gasteiger partial charge in [0.25, 0.3) is 0 Å². The van der Waals surface area contributed by atoms with Crippen LogP contribution in [0.4, 0.5) is 5.69 Å². The van der Waals surface area contributed by atoms with Crippen LogP contribution in [0.3, 0.4) is 0 Å². The number of hydrogen-bond donors (Lipinski definition) is 4. The molecule has 0 aromatic heterocycles. The number of nitrogens with zero attached hydrogens (tertiary/aromatic N) is 1. The summed E-state index contributed by atoms with van der Waals surface area (Å²) in [6, 6.07) is 15.0. The Morgan fingerprint density at radius 1 is 1.14 bits per heavy atom. The van der Waals surface area contributed by atoms with Gasteiger partial charge in [0.05, 0.1) is 23.0 Å². The van der Waals surface area contributed by atoms with Gasteiger partial charge in [-0.15, -0.1) is 0 Å². The molecule has 5 N–H and O–H groups in total. The van der Waals surface area contributed by atoms with Gasteiger partial charge in [0.15, 0.2) is 0 Å². The molecule has 0 bridgehead atoms. The number of carbonyl (C=O) groups excluding carboxylic acids is 1. The van der Waals surface area contributed by atoms with E-state index in [-0.39, 0.29) is 35.7 Å². The summed E-state index contributed by atoms with van der Waals surface area (Å²) >= 11 is 0. The molecule has 8 nitrogen and oxygen atoms in total. The molecule has 1 aliphatic rings. The highest BCUT2D eigenvalue weighted by Gasteiger charge is 2.32. The van der Waals surface area contributed by atoms with E-state index in [0.717, 1.165) is 24.9 Å². The largest absolute Gasteiger partial charge is 0.399 e. The van der Waals surface area contributed by atoms with Crippen molar-refractivity contribution in [1.82, 2.24) is 14.9 Å². The number of aliphatic hydroxyl groups excluding tert-OH is 1. The summed E-state index contributed by atoms with van der Waals surface area (Å²) in [5.41, 5.74) is 7.16. The van der Waals surface area contributed by atoms with Gasteiger partial charge in [-0.05, 0) is 61.6 Å². The second-order valence-electron chi connectivity index (χ2n) is 9.70. The lowest BCUT2D eigenvalue weighted by atomic mass is 9.96. The predicted octanol–water partition coefficient (Wildman–Crippen LogP) is 2.00. The van der Waals surface area contributed by atoms with E-state index < -0.39 is 22.2 Å². The summed E-state index contributed by atoms with van der Waals surface area (Å²) in [6.45, 7) is 5.46. The Labute approximate surface area is 209 Å². The van der Waals surface area contributed by atoms with E-state index in [1.54, 1.807) is 12.1 Å². The van der Waals surface area contributed by atoms with Crippen LogP contribution < -0.4 is 16.4 Å². The van der Waals surface area contributed by atoms with Crippen LogP contribution in [0.1, 0.15) is 32.3 Å². The maximum atomic E-state index is 13.4. The van der Waals surface area contributed by atoms with Crippen molar-refractivity contribution in [1.29, 1.82) is 0 Å². The van der Waals surface area contributed by atoms with Crippen molar-refractivity contribution in [3.63, 3.8) is 0 Å². The first-order valence-electron chi connectivity index (χ1n) is 12.3. The number of anilines is 1. The molecule has 0 unspecified atom stereocenters. The standard InChI is InChI=1S/C26H38N4O4S/c1-19(2)17-30(35(33,34)23-12-10-22(27)11-13-23)18-25(31)24(15-20-7-4-3-5-8-20)29-26(32)21-9-6-14-28-16-21/h3-5,7-8,10-13,19,21,24-25,28,31H,6,9,14-18,27H2,1-2H3,(H,29,32)/t21-,24+,25-/m1/s1. The van der Waals surface area contributed by atoms with Crippen LogP contribution in [-0.2, 0) is 21.2 Å². The minimum atomic E-state index is -3.87. The highest BCUT2D eigenvalue weighted by atomic mass is 32.2. The fourth-order valence-electron chi connectivity index (χ4n) is 4.33. The first kappa shape index (κ1) is 27.1. The summed E-state index contributed by atoms with van der Waals surface area (Å²) in [5, 5.41) is 17.6. The molecule has 3 atom stereocenters. The van der Waals surface area contributed by atoms with Crippen LogP contribution in [0.5, 0.6) is 0 Å². The highest BCUT2D eigenvalue weighted by molar-refractivity contribution is 7.89. The van der Waals surface area contributed by atoms with Crippen molar-refractivity contribution in [3.05, 3.63) is 60.2 Å². The van der Waals surface area contributed by atoms with Crippen LogP contribution >= 0.6 is 0 Å². The molecule has 1 aliphatic heterocycles. The predicted molar refractivity (Wildman–Crippen MR) is 138 cm³/mol. The quantitative estimate of drug-likeness (QED) is 0.349. The number of nitrogens with two attached hydrogens (primary N) is 1. The Hall–Kier alpha value is -2.46. The molecule has 0 saturated carbocycles. The van der Waals surface area contributed by atoms with Crippen LogP contribution in [0.2, 0.25) is 0 Å². The zero-order valence-corrected chi connectivity index (χ0v) is 21.4. The van der Waals surface area contributed by atoms with Crippen molar-refractivity contribution >= 4 is 21.6 Å². The smallest absolute Gasteiger partial charge is 0.243 e. The van der Waals surface area contributed by atoms with Gasteiger partial charge >= 0.3 is 0 Å². The molecule has 1 saturated heterocycles. The molecule has 1 amide bonds. The second-order valence-corrected chi connectivity index (χ2v) is 11.6. The zero-order chi connectivity index (χ0) is 25.4. The van der Waals surface area contributed by atoms with Gasteiger partial charge in [0, 0.05) is 25.3 Å². The second kappa shape index (κ2) is 12.5. The first-order valence-corrected chi connectivity index (χ1v) is 13.7. The average molecular weight is 503 g/mol. The molecule has 3 rings (SSSR count). The van der Waals surface area contributed by atoms with Crippen molar-refractivity contribution < 1.29 is 18.3 Å². The van der Waals surface area contributed by atoms with Gasteiger partial charge < -0.3 is 21.5 Å². The van der Waals surface area contributed by atoms with E-state index in [0.29, 0.717) is 18.7 Å². The molecule has 1 fully saturated rings. The molecule has 1 heterocycles. The van der Waals surface area contributed by atoms with E-state index in [2.05, 4.69) is 10.6 Å². The Morgan fingerprint density at radius 2 is 1.83 bits per heavy atom. The number of nitrogens with one attached hydrogen (secondary N) is 2. The van der Waals surface area contributed by atoms with E-state index in [1.165, 1.54) is 16.4 Å². The van der Waals surface area contributed by atoms with Gasteiger partial charge in [-0.25, -0.2) is 8.42 Å². The number of sulfonamides is 1. The number of nitrogen functional groups attached to an aromatic ring is 1. The monoisotopic (exact) mass is 502 g/mol. The van der Waals surface area contributed by atoms with Gasteiger partial charge in [-0.1, -0.05) is 44.2 Å². The van der Waals surface area contributed by atoms with Crippen molar-refractivity contribution in [2.45, 2.75) is 50.2 Å². The van der Waals surface area contributed by atoms with E-state index in [1.807, 2.05) is 44.2 Å². The number of hydrogen-bond acceptors (Lipinski definition) is 6. The molecule has 9 heteroatoms. The van der Waals surface area contributed by atoms with Crippen LogP contribution in [0.25, 0.3) is 0 Å². The van der Waals surface area contributed by atoms with E-state index in [9.17, 15) is 18.3 Å². The molecule has 2 aromatic carbocycles. The third kappa shape index (κ3) is 7.76. The summed E-state index contributed by atoms with van der Waals surface area (Å²) in [7, 11) is -3.87. The molecule has 0 aliphatic carbocycles. The third-order valence-corrected chi connectivity index (χ3v) is 8.08. The summed E-state index contributed by atoms with van der Waals surface area (Å²) < 4.78 is 28.2. The van der Waals surface area contributed by atoms with Crippen molar-refractivity contribution in [2.75, 3.05) is 31.9 Å². The fraction of sp³-hybridized carbons (Fsp3) is 0.500. The Balaban J connectivity index is 1.82. The molecule has 0 radical (unpaired) electrons. The van der Waals surface area contributed by atoms with Crippen molar-refractivity contribution in [3.8, 4) is 0 Å². The Bertz CT molecular complexity index is 1040. The molecule has 0 spiro atoms. The van der Waals surface area contributed by atoms with Gasteiger partial charge in [0.1, 0.15) is 0 Å². The van der Waals surface area contributed by atoms with Crippen molar-refractivity contribution in [2.24, 2.45) is 11.8 Å². The Morgan fingerprint density at radius 3 is 2.43 bits per heavy atom. The van der Waals surface area contributed by atoms with Crippen LogP contribution in [-0.4, -0.2) is 62.1 Å². The lowest BCUT2D eigenvalue weighted by Gasteiger charge is -2.32. The molecule has 2 aromatic rings. The number of carbonyl (C=O) groups is 1. The fourth-order valence-corrected chi connectivity index (χ4v) is 5.95. The topological polar surface area (TPSA) is 125 Å². The molecule has 35 heavy (non-hydrogen) atoms. The molecule has 192 valence electrons. The number of amides is 1. The van der Waals surface area contributed by atoms with Gasteiger partial charge in [-0.3, -0.25) is 4.79 Å². The first-order chi connectivity index (χ1) is 16.7. The van der Waals surface area contributed by atoms with Gasteiger partial charge in [-0.2, -0.15) is 4.31 Å². The van der Waals surface area contributed by atoms with Crippen LogP contribution in [0.15, 0.2) is 59.5 Å². The third-order valence-electron chi connectivity index (χ3n) is 6.24. The van der Waals surface area contributed by atoms with E-state index in [4.69, 9.17) is 5.73 Å². The zero-order valence-electron chi connectivity index (χ0n) is 20.6. The van der Waals surface area contributed by atoms with Gasteiger partial charge in [0.2, 0.25) is 15.9 Å². The number of rotatable bonds is 11. The summed E-state index contributed by atoms with van der Waals surface area (Å²) in [5.74, 6) is -0.241. The summed E-state index contributed by atoms with van der Waals surface area (Å²) in [4.78, 5) is 13.1. The SMILES string of the molecule is CC(C)CN(C[C@@H](O)[C@H](Cc1ccccc1)NC(=O)[C@@H]1CCCNC1)S(=O)(=O)c1ccc(N)cc1.